The van der Waals surface area contributed by atoms with E-state index in [1.807, 2.05) is 9.80 Å². The van der Waals surface area contributed by atoms with Crippen LogP contribution in [0.3, 0.4) is 0 Å². The van der Waals surface area contributed by atoms with Gasteiger partial charge in [-0.05, 0) is 0 Å². The number of thiol groups is 3. The highest BCUT2D eigenvalue weighted by atomic mass is 32.2. The number of nitrogens with zero attached hydrogens (tertiary/aromatic N) is 3. The number of hydrogen-bond donors (Lipinski definition) is 3. The van der Waals surface area contributed by atoms with Gasteiger partial charge in [0.05, 0.1) is 11.5 Å². The van der Waals surface area contributed by atoms with Gasteiger partial charge in [-0.1, -0.05) is 0 Å². The second-order valence-corrected chi connectivity index (χ2v) is 9.30. The minimum atomic E-state index is -0.668. The fourth-order valence-corrected chi connectivity index (χ4v) is 5.83. The predicted octanol–water partition coefficient (Wildman–Crippen LogP) is -1.71. The molecule has 0 aromatic carbocycles. The Kier molecular flexibility index (Phi) is 3.71. The van der Waals surface area contributed by atoms with Crippen molar-refractivity contribution < 1.29 is 14.7 Å². The highest BCUT2D eigenvalue weighted by molar-refractivity contribution is 7.87. The molecule has 1 N–H and O–H groups in total. The molecule has 4 rings (SSSR count). The van der Waals surface area contributed by atoms with E-state index >= 15 is 0 Å². The van der Waals surface area contributed by atoms with Crippen molar-refractivity contribution in [2.75, 3.05) is 56.5 Å². The van der Waals surface area contributed by atoms with Gasteiger partial charge in [-0.3, -0.25) is 9.59 Å². The van der Waals surface area contributed by atoms with Gasteiger partial charge in [0.25, 0.3) is 0 Å². The van der Waals surface area contributed by atoms with Crippen molar-refractivity contribution in [2.24, 2.45) is 10.8 Å². The molecule has 4 fully saturated rings. The summed E-state index contributed by atoms with van der Waals surface area (Å²) in [6, 6.07) is 0. The molecular weight excluding hydrogens is 354 g/mol. The van der Waals surface area contributed by atoms with E-state index < -0.39 is 5.06 Å². The number of rotatable bonds is 3. The standard InChI is InChI=1S/C14H21N3O3S3/c18-10(1-21)15-3-12-5-16(11(19)2-22)6-13(12,4-15)8-17(7-12)14(20)9-23-14/h20-22H,1-9H2/p+1/t12?,13?,14-/m0/s1. The summed E-state index contributed by atoms with van der Waals surface area (Å²) in [4.78, 5) is 30.2. The van der Waals surface area contributed by atoms with E-state index in [0.717, 1.165) is 30.6 Å². The lowest BCUT2D eigenvalue weighted by Gasteiger charge is -2.30. The van der Waals surface area contributed by atoms with Crippen LogP contribution in [0.2, 0.25) is 0 Å². The predicted molar refractivity (Wildman–Crippen MR) is 95.9 cm³/mol. The second-order valence-electron chi connectivity index (χ2n) is 7.32. The SMILES string of the molecule is O=C(CS)N1CC23CN(C(=O)CS)CC2(C1)CN([C@]1(O)C[SH+]1)C3. The summed E-state index contributed by atoms with van der Waals surface area (Å²) < 4.78 is 0. The molecule has 0 spiro atoms. The van der Waals surface area contributed by atoms with Crippen LogP contribution in [0.25, 0.3) is 0 Å². The molecule has 4 aliphatic heterocycles. The Morgan fingerprint density at radius 3 is 1.61 bits per heavy atom. The van der Waals surface area contributed by atoms with Crippen LogP contribution in [0, 0.1) is 10.8 Å². The summed E-state index contributed by atoms with van der Waals surface area (Å²) in [7, 11) is 0. The molecular formula is C14H22N3O3S3+. The summed E-state index contributed by atoms with van der Waals surface area (Å²) in [6.45, 7) is 4.14. The average molecular weight is 377 g/mol. The molecule has 4 heterocycles. The fraction of sp³-hybridized carbons (Fsp3) is 0.857. The van der Waals surface area contributed by atoms with Gasteiger partial charge in [0, 0.05) is 61.9 Å². The van der Waals surface area contributed by atoms with Crippen molar-refractivity contribution in [3.8, 4) is 0 Å². The Balaban J connectivity index is 1.62. The third kappa shape index (κ3) is 2.27. The van der Waals surface area contributed by atoms with Gasteiger partial charge in [-0.25, -0.2) is 4.90 Å². The smallest absolute Gasteiger partial charge is 0.330 e. The maximum atomic E-state index is 12.1. The number of carbonyl (C=O) groups is 2. The van der Waals surface area contributed by atoms with Crippen LogP contribution in [0.5, 0.6) is 0 Å². The van der Waals surface area contributed by atoms with Crippen molar-refractivity contribution in [3.63, 3.8) is 0 Å². The number of carbonyl (C=O) groups excluding carboxylic acids is 2. The lowest BCUT2D eigenvalue weighted by atomic mass is 9.71. The second kappa shape index (κ2) is 5.20. The van der Waals surface area contributed by atoms with Crippen molar-refractivity contribution in [2.45, 2.75) is 5.06 Å². The maximum Gasteiger partial charge on any atom is 0.330 e. The van der Waals surface area contributed by atoms with Crippen LogP contribution in [-0.4, -0.2) is 93.2 Å². The molecule has 0 saturated carbocycles. The molecule has 2 amide bonds. The summed E-state index contributed by atoms with van der Waals surface area (Å²) in [5, 5.41) is 9.83. The van der Waals surface area contributed by atoms with Crippen molar-refractivity contribution in [1.82, 2.24) is 14.7 Å². The van der Waals surface area contributed by atoms with Crippen molar-refractivity contribution in [1.29, 1.82) is 0 Å². The van der Waals surface area contributed by atoms with Crippen molar-refractivity contribution in [3.05, 3.63) is 0 Å². The Labute approximate surface area is 150 Å². The van der Waals surface area contributed by atoms with E-state index in [1.54, 1.807) is 0 Å². The first-order valence-corrected chi connectivity index (χ1v) is 10.1. The lowest BCUT2D eigenvalue weighted by Crippen LogP contribution is -2.47. The summed E-state index contributed by atoms with van der Waals surface area (Å²) in [6.07, 6.45) is 0. The molecule has 0 aromatic rings. The molecule has 0 aliphatic carbocycles. The monoisotopic (exact) mass is 376 g/mol. The third-order valence-electron chi connectivity index (χ3n) is 6.01. The Hall–Kier alpha value is -0.0900. The van der Waals surface area contributed by atoms with Crippen LogP contribution >= 0.6 is 25.3 Å². The quantitative estimate of drug-likeness (QED) is 0.312. The average Bonchev–Trinajstić information content (AvgIpc) is 2.95. The van der Waals surface area contributed by atoms with E-state index in [0.29, 0.717) is 26.2 Å². The normalized spacial score (nSPS) is 42.0. The van der Waals surface area contributed by atoms with E-state index in [1.165, 1.54) is 0 Å². The number of aliphatic hydroxyl groups is 1. The number of likely N-dealkylation sites (tertiary alicyclic amines) is 3. The molecule has 23 heavy (non-hydrogen) atoms. The first-order valence-electron chi connectivity index (χ1n) is 7.80. The molecule has 0 radical (unpaired) electrons. The Morgan fingerprint density at radius 1 is 0.913 bits per heavy atom. The topological polar surface area (TPSA) is 64.1 Å². The number of amides is 2. The van der Waals surface area contributed by atoms with Gasteiger partial charge in [-0.15, -0.1) is 0 Å². The summed E-state index contributed by atoms with van der Waals surface area (Å²) in [5.41, 5.74) is -0.254. The summed E-state index contributed by atoms with van der Waals surface area (Å²) >= 11 is 9.31. The van der Waals surface area contributed by atoms with E-state index in [9.17, 15) is 14.7 Å². The minimum absolute atomic E-state index is 0.0604. The maximum absolute atomic E-state index is 12.1. The first kappa shape index (κ1) is 16.4. The molecule has 0 unspecified atom stereocenters. The van der Waals surface area contributed by atoms with E-state index in [-0.39, 0.29) is 34.2 Å². The molecule has 4 saturated heterocycles. The molecule has 6 nitrogen and oxygen atoms in total. The van der Waals surface area contributed by atoms with Gasteiger partial charge in [-0.2, -0.15) is 25.3 Å². The van der Waals surface area contributed by atoms with Crippen LogP contribution in [-0.2, 0) is 21.4 Å². The fourth-order valence-electron chi connectivity index (χ4n) is 4.74. The molecule has 4 aliphatic rings. The van der Waals surface area contributed by atoms with Gasteiger partial charge < -0.3 is 14.9 Å². The minimum Gasteiger partial charge on any atom is -0.341 e. The van der Waals surface area contributed by atoms with Crippen LogP contribution in [0.1, 0.15) is 0 Å². The lowest BCUT2D eigenvalue weighted by molar-refractivity contribution is -0.130. The number of hydrogen-bond acceptors (Lipinski definition) is 6. The van der Waals surface area contributed by atoms with Gasteiger partial charge in [0.15, 0.2) is 0 Å². The molecule has 128 valence electrons. The van der Waals surface area contributed by atoms with Crippen LogP contribution in [0.4, 0.5) is 0 Å². The van der Waals surface area contributed by atoms with E-state index in [4.69, 9.17) is 0 Å². The van der Waals surface area contributed by atoms with Crippen LogP contribution in [0.15, 0.2) is 0 Å². The largest absolute Gasteiger partial charge is 0.341 e. The van der Waals surface area contributed by atoms with Gasteiger partial charge in [0.1, 0.15) is 0 Å². The van der Waals surface area contributed by atoms with Crippen LogP contribution < -0.4 is 0 Å². The molecule has 1 atom stereocenters. The zero-order valence-corrected chi connectivity index (χ0v) is 15.5. The highest BCUT2D eigenvalue weighted by Gasteiger charge is 2.74. The molecule has 0 bridgehead atoms. The zero-order valence-electron chi connectivity index (χ0n) is 12.8. The zero-order chi connectivity index (χ0) is 16.5. The first-order chi connectivity index (χ1) is 10.9. The highest BCUT2D eigenvalue weighted by Crippen LogP contribution is 2.58. The Morgan fingerprint density at radius 2 is 1.30 bits per heavy atom. The molecule has 0 aromatic heterocycles. The molecule has 9 heteroatoms. The van der Waals surface area contributed by atoms with E-state index in [2.05, 4.69) is 30.2 Å². The third-order valence-corrected chi connectivity index (χ3v) is 7.72. The van der Waals surface area contributed by atoms with Gasteiger partial charge >= 0.3 is 5.06 Å². The van der Waals surface area contributed by atoms with Gasteiger partial charge in [0.2, 0.25) is 17.6 Å². The Bertz CT molecular complexity index is 517. The summed E-state index contributed by atoms with van der Waals surface area (Å²) in [5.74, 6) is 1.36. The van der Waals surface area contributed by atoms with Crippen molar-refractivity contribution >= 4 is 48.8 Å².